The maximum Gasteiger partial charge on any atom is 0.332 e. The molecule has 1 heterocycles. The molecule has 2 saturated carbocycles. The van der Waals surface area contributed by atoms with E-state index in [9.17, 15) is 24.6 Å². The fraction of sp³-hybridized carbons (Fsp3) is 0.607. The molecule has 0 amide bonds. The van der Waals surface area contributed by atoms with Crippen molar-refractivity contribution in [3.05, 3.63) is 42.0 Å². The van der Waals surface area contributed by atoms with Gasteiger partial charge in [-0.2, -0.15) is 0 Å². The maximum atomic E-state index is 13.1. The van der Waals surface area contributed by atoms with E-state index in [1.54, 1.807) is 19.9 Å². The van der Waals surface area contributed by atoms with Gasteiger partial charge in [-0.3, -0.25) is 4.79 Å². The van der Waals surface area contributed by atoms with Gasteiger partial charge in [0.1, 0.15) is 30.5 Å². The fourth-order valence-electron chi connectivity index (χ4n) is 6.88. The van der Waals surface area contributed by atoms with E-state index in [0.717, 1.165) is 5.56 Å². The third kappa shape index (κ3) is 4.36. The first kappa shape index (κ1) is 27.3. The Morgan fingerprint density at radius 2 is 1.73 bits per heavy atom. The van der Waals surface area contributed by atoms with Crippen LogP contribution in [0.2, 0.25) is 0 Å². The van der Waals surface area contributed by atoms with E-state index in [0.29, 0.717) is 0 Å². The zero-order chi connectivity index (χ0) is 27.2. The summed E-state index contributed by atoms with van der Waals surface area (Å²) in [6.07, 6.45) is 0.974. The van der Waals surface area contributed by atoms with E-state index in [-0.39, 0.29) is 19.3 Å². The molecule has 7 atom stereocenters. The van der Waals surface area contributed by atoms with Gasteiger partial charge in [-0.1, -0.05) is 30.3 Å². The predicted octanol–water partition coefficient (Wildman–Crippen LogP) is 2.57. The number of carbonyl (C=O) groups is 3. The molecule has 3 aliphatic rings. The van der Waals surface area contributed by atoms with Gasteiger partial charge in [-0.05, 0) is 58.6 Å². The largest absolute Gasteiger partial charge is 0.460 e. The van der Waals surface area contributed by atoms with Crippen molar-refractivity contribution in [2.24, 2.45) is 11.3 Å². The first-order chi connectivity index (χ1) is 17.3. The van der Waals surface area contributed by atoms with Crippen molar-refractivity contribution < 1.29 is 43.5 Å². The highest BCUT2D eigenvalue weighted by molar-refractivity contribution is 5.87. The van der Waals surface area contributed by atoms with Crippen LogP contribution in [0.25, 0.3) is 6.08 Å². The average molecular weight is 517 g/mol. The maximum absolute atomic E-state index is 13.1. The molecule has 0 aromatic heterocycles. The van der Waals surface area contributed by atoms with Gasteiger partial charge in [-0.15, -0.1) is 0 Å². The highest BCUT2D eigenvalue weighted by atomic mass is 16.6. The van der Waals surface area contributed by atoms with Crippen molar-refractivity contribution in [2.45, 2.75) is 89.0 Å². The van der Waals surface area contributed by atoms with Crippen LogP contribution in [0.1, 0.15) is 59.4 Å². The van der Waals surface area contributed by atoms with Crippen LogP contribution in [0.3, 0.4) is 0 Å². The summed E-state index contributed by atoms with van der Waals surface area (Å²) in [5.74, 6) is -2.41. The lowest BCUT2D eigenvalue weighted by Crippen LogP contribution is -2.79. The molecule has 2 N–H and O–H groups in total. The van der Waals surface area contributed by atoms with Crippen LogP contribution < -0.4 is 0 Å². The number of hydrogen-bond acceptors (Lipinski definition) is 9. The molecule has 37 heavy (non-hydrogen) atoms. The molecule has 1 aliphatic heterocycles. The Hall–Kier alpha value is -2.75. The summed E-state index contributed by atoms with van der Waals surface area (Å²) in [5, 5.41) is 21.3. The Kier molecular flexibility index (Phi) is 7.03. The van der Waals surface area contributed by atoms with Crippen molar-refractivity contribution in [1.82, 2.24) is 0 Å². The summed E-state index contributed by atoms with van der Waals surface area (Å²) < 4.78 is 24.3. The van der Waals surface area contributed by atoms with E-state index in [1.165, 1.54) is 13.0 Å². The molecule has 9 heteroatoms. The molecular formula is C28H36O9. The van der Waals surface area contributed by atoms with Crippen LogP contribution in [0.4, 0.5) is 0 Å². The molecule has 1 spiro atoms. The van der Waals surface area contributed by atoms with Gasteiger partial charge in [0.05, 0.1) is 16.6 Å². The zero-order valence-corrected chi connectivity index (χ0v) is 21.9. The SMILES string of the molecule is CC(=O)O[C@@H]1[C@H]2C[C@H](OC(=O)/C=C/c3ccccc3)[C@]3(C)[C@@H](OC(=O)CO)CC[C@](C)(O)[C@@]13OC2(C)C. The summed E-state index contributed by atoms with van der Waals surface area (Å²) in [4.78, 5) is 37.6. The Morgan fingerprint density at radius 1 is 1.05 bits per heavy atom. The highest BCUT2D eigenvalue weighted by Crippen LogP contribution is 2.68. The van der Waals surface area contributed by atoms with Gasteiger partial charge in [0.15, 0.2) is 0 Å². The lowest BCUT2D eigenvalue weighted by Gasteiger charge is -2.64. The molecule has 4 rings (SSSR count). The van der Waals surface area contributed by atoms with Crippen LogP contribution in [-0.2, 0) is 33.3 Å². The Balaban J connectivity index is 1.80. The predicted molar refractivity (Wildman–Crippen MR) is 132 cm³/mol. The molecule has 202 valence electrons. The van der Waals surface area contributed by atoms with Crippen LogP contribution in [0.15, 0.2) is 36.4 Å². The minimum absolute atomic E-state index is 0.168. The number of ether oxygens (including phenoxy) is 4. The summed E-state index contributed by atoms with van der Waals surface area (Å²) in [6, 6.07) is 9.28. The summed E-state index contributed by atoms with van der Waals surface area (Å²) in [7, 11) is 0. The molecule has 1 saturated heterocycles. The van der Waals surface area contributed by atoms with Gasteiger partial charge in [0.2, 0.25) is 0 Å². The smallest absolute Gasteiger partial charge is 0.332 e. The Bertz CT molecular complexity index is 1080. The van der Waals surface area contributed by atoms with Crippen molar-refractivity contribution in [3.8, 4) is 0 Å². The first-order valence-electron chi connectivity index (χ1n) is 12.6. The zero-order valence-electron chi connectivity index (χ0n) is 21.9. The molecule has 1 aromatic carbocycles. The molecule has 2 bridgehead atoms. The summed E-state index contributed by atoms with van der Waals surface area (Å²) >= 11 is 0. The van der Waals surface area contributed by atoms with Gasteiger partial charge in [-0.25, -0.2) is 9.59 Å². The van der Waals surface area contributed by atoms with Crippen molar-refractivity contribution in [3.63, 3.8) is 0 Å². The minimum Gasteiger partial charge on any atom is -0.460 e. The quantitative estimate of drug-likeness (QED) is 0.333. The van der Waals surface area contributed by atoms with Gasteiger partial charge in [0.25, 0.3) is 0 Å². The summed E-state index contributed by atoms with van der Waals surface area (Å²) in [5.41, 5.74) is -4.46. The van der Waals surface area contributed by atoms with Gasteiger partial charge < -0.3 is 29.2 Å². The normalized spacial score (nSPS) is 38.0. The number of hydrogen-bond donors (Lipinski definition) is 2. The molecule has 1 aromatic rings. The standard InChI is InChI=1S/C28H36O9/c1-17(30)34-24-19-15-21(36-22(31)12-11-18-9-7-6-8-10-18)27(5)20(35-23(32)16-29)13-14-26(4,33)28(24,27)37-25(19,2)3/h6-12,19-21,24,29,33H,13-16H2,1-5H3/b12-11+/t19-,20+,21+,24-,26+,27+,28+/m1/s1. The third-order valence-electron chi connectivity index (χ3n) is 8.55. The second-order valence-corrected chi connectivity index (χ2v) is 11.2. The number of aliphatic hydroxyl groups excluding tert-OH is 1. The molecular weight excluding hydrogens is 480 g/mol. The van der Waals surface area contributed by atoms with E-state index in [1.807, 2.05) is 44.2 Å². The van der Waals surface area contributed by atoms with E-state index >= 15 is 0 Å². The van der Waals surface area contributed by atoms with Crippen LogP contribution >= 0.6 is 0 Å². The number of rotatable bonds is 6. The average Bonchev–Trinajstić information content (AvgIpc) is 3.01. The second kappa shape index (κ2) is 9.53. The third-order valence-corrected chi connectivity index (χ3v) is 8.55. The van der Waals surface area contributed by atoms with Crippen LogP contribution in [0.5, 0.6) is 0 Å². The Morgan fingerprint density at radius 3 is 2.35 bits per heavy atom. The monoisotopic (exact) mass is 516 g/mol. The lowest BCUT2D eigenvalue weighted by molar-refractivity contribution is -0.329. The Labute approximate surface area is 216 Å². The number of carbonyl (C=O) groups excluding carboxylic acids is 3. The van der Waals surface area contributed by atoms with Gasteiger partial charge >= 0.3 is 17.9 Å². The number of benzene rings is 1. The van der Waals surface area contributed by atoms with Crippen molar-refractivity contribution in [1.29, 1.82) is 0 Å². The van der Waals surface area contributed by atoms with Crippen LogP contribution in [0, 0.1) is 11.3 Å². The minimum atomic E-state index is -1.56. The van der Waals surface area contributed by atoms with Crippen LogP contribution in [-0.4, -0.2) is 69.8 Å². The molecule has 2 aliphatic carbocycles. The lowest BCUT2D eigenvalue weighted by atomic mass is 9.47. The first-order valence-corrected chi connectivity index (χ1v) is 12.6. The molecule has 0 unspecified atom stereocenters. The number of aliphatic hydroxyl groups is 2. The number of esters is 3. The topological polar surface area (TPSA) is 129 Å². The van der Waals surface area contributed by atoms with Crippen molar-refractivity contribution in [2.75, 3.05) is 6.61 Å². The van der Waals surface area contributed by atoms with Gasteiger partial charge in [0, 0.05) is 18.9 Å². The molecule has 0 radical (unpaired) electrons. The van der Waals surface area contributed by atoms with E-state index in [4.69, 9.17) is 18.9 Å². The summed E-state index contributed by atoms with van der Waals surface area (Å²) in [6.45, 7) is 7.52. The van der Waals surface area contributed by atoms with Crippen molar-refractivity contribution >= 4 is 24.0 Å². The fourth-order valence-corrected chi connectivity index (χ4v) is 6.88. The second-order valence-electron chi connectivity index (χ2n) is 11.2. The molecule has 3 fully saturated rings. The highest BCUT2D eigenvalue weighted by Gasteiger charge is 2.82. The number of fused-ring (bicyclic) bond motifs is 1. The van der Waals surface area contributed by atoms with E-state index in [2.05, 4.69) is 0 Å². The van der Waals surface area contributed by atoms with E-state index < -0.39 is 71.0 Å². The molecule has 9 nitrogen and oxygen atoms in total.